The van der Waals surface area contributed by atoms with Crippen molar-refractivity contribution in [3.05, 3.63) is 89.7 Å². The molecule has 0 bridgehead atoms. The van der Waals surface area contributed by atoms with Crippen molar-refractivity contribution >= 4 is 28.8 Å². The third kappa shape index (κ3) is 3.71. The molecule has 4 rings (SSSR count). The number of fused-ring (bicyclic) bond motifs is 1. The predicted octanol–water partition coefficient (Wildman–Crippen LogP) is 4.47. The lowest BCUT2D eigenvalue weighted by Crippen LogP contribution is -2.03. The summed E-state index contributed by atoms with van der Waals surface area (Å²) >= 11 is 1.54. The molecule has 6 heteroatoms. The Morgan fingerprint density at radius 3 is 2.67 bits per heavy atom. The van der Waals surface area contributed by atoms with E-state index < -0.39 is 5.97 Å². The number of carboxylic acid groups (broad SMARTS) is 1. The Morgan fingerprint density at radius 1 is 1.04 bits per heavy atom. The lowest BCUT2D eigenvalue weighted by atomic mass is 10.1. The summed E-state index contributed by atoms with van der Waals surface area (Å²) in [5.41, 5.74) is 4.19. The lowest BCUT2D eigenvalue weighted by Gasteiger charge is -2.10. The van der Waals surface area contributed by atoms with E-state index in [1.807, 2.05) is 54.7 Å². The van der Waals surface area contributed by atoms with Gasteiger partial charge >= 0.3 is 5.97 Å². The standard InChI is InChI=1S/C21H17N3O2S/c25-20(26)17-8-2-1-7-16(17)14-27-21-23-18-9-3-4-10-19(18)24(21)13-15-6-5-11-22-12-15/h1-12H,13-14H2,(H,25,26). The molecule has 0 aliphatic carbocycles. The van der Waals surface area contributed by atoms with Crippen LogP contribution in [0.15, 0.2) is 78.2 Å². The number of aromatic nitrogens is 3. The van der Waals surface area contributed by atoms with Crippen LogP contribution in [0.3, 0.4) is 0 Å². The van der Waals surface area contributed by atoms with Gasteiger partial charge in [0.1, 0.15) is 0 Å². The van der Waals surface area contributed by atoms with Crippen LogP contribution in [0.5, 0.6) is 0 Å². The van der Waals surface area contributed by atoms with Crippen LogP contribution in [0.25, 0.3) is 11.0 Å². The second-order valence-corrected chi connectivity index (χ2v) is 7.02. The number of benzene rings is 2. The van der Waals surface area contributed by atoms with Gasteiger partial charge in [0.25, 0.3) is 0 Å². The van der Waals surface area contributed by atoms with Gasteiger partial charge in [-0.25, -0.2) is 9.78 Å². The predicted molar refractivity (Wildman–Crippen MR) is 106 cm³/mol. The number of hydrogen-bond acceptors (Lipinski definition) is 4. The third-order valence-corrected chi connectivity index (χ3v) is 5.31. The number of pyridine rings is 1. The van der Waals surface area contributed by atoms with Gasteiger partial charge in [0.05, 0.1) is 23.1 Å². The van der Waals surface area contributed by atoms with Gasteiger partial charge in [-0.1, -0.05) is 48.2 Å². The van der Waals surface area contributed by atoms with Crippen molar-refractivity contribution in [1.82, 2.24) is 14.5 Å². The molecule has 0 spiro atoms. The molecule has 27 heavy (non-hydrogen) atoms. The number of aromatic carboxylic acids is 1. The van der Waals surface area contributed by atoms with Gasteiger partial charge in [0.2, 0.25) is 0 Å². The summed E-state index contributed by atoms with van der Waals surface area (Å²) in [4.78, 5) is 20.4. The summed E-state index contributed by atoms with van der Waals surface area (Å²) in [7, 11) is 0. The Hall–Kier alpha value is -3.12. The molecule has 2 aromatic carbocycles. The van der Waals surface area contributed by atoms with Crippen molar-refractivity contribution in [2.45, 2.75) is 17.5 Å². The van der Waals surface area contributed by atoms with Gasteiger partial charge in [-0.2, -0.15) is 0 Å². The molecule has 134 valence electrons. The fraction of sp³-hybridized carbons (Fsp3) is 0.0952. The first-order chi connectivity index (χ1) is 13.2. The van der Waals surface area contributed by atoms with Crippen molar-refractivity contribution in [3.63, 3.8) is 0 Å². The van der Waals surface area contributed by atoms with E-state index in [1.54, 1.807) is 30.1 Å². The van der Waals surface area contributed by atoms with Crippen molar-refractivity contribution in [2.24, 2.45) is 0 Å². The minimum absolute atomic E-state index is 0.333. The van der Waals surface area contributed by atoms with Gasteiger partial charge in [-0.05, 0) is 35.4 Å². The molecule has 0 atom stereocenters. The average molecular weight is 375 g/mol. The minimum atomic E-state index is -0.907. The summed E-state index contributed by atoms with van der Waals surface area (Å²) in [5, 5.41) is 10.3. The Morgan fingerprint density at radius 2 is 1.85 bits per heavy atom. The van der Waals surface area contributed by atoms with Gasteiger partial charge in [-0.15, -0.1) is 0 Å². The molecule has 2 aromatic heterocycles. The highest BCUT2D eigenvalue weighted by Crippen LogP contribution is 2.28. The van der Waals surface area contributed by atoms with Crippen LogP contribution >= 0.6 is 11.8 Å². The van der Waals surface area contributed by atoms with Crippen LogP contribution in [0.1, 0.15) is 21.5 Å². The SMILES string of the molecule is O=C(O)c1ccccc1CSc1nc2ccccc2n1Cc1cccnc1. The molecule has 4 aromatic rings. The first-order valence-corrected chi connectivity index (χ1v) is 9.49. The second-order valence-electron chi connectivity index (χ2n) is 6.08. The quantitative estimate of drug-likeness (QED) is 0.504. The molecule has 0 aliphatic heterocycles. The highest BCUT2D eigenvalue weighted by Gasteiger charge is 2.14. The van der Waals surface area contributed by atoms with E-state index in [2.05, 4.69) is 9.55 Å². The normalized spacial score (nSPS) is 11.0. The molecule has 0 aliphatic rings. The van der Waals surface area contributed by atoms with Gasteiger partial charge < -0.3 is 9.67 Å². The number of carbonyl (C=O) groups is 1. The number of carboxylic acids is 1. The number of rotatable bonds is 6. The largest absolute Gasteiger partial charge is 0.478 e. The van der Waals surface area contributed by atoms with Crippen LogP contribution in [-0.2, 0) is 12.3 Å². The third-order valence-electron chi connectivity index (χ3n) is 4.29. The Bertz CT molecular complexity index is 1090. The van der Waals surface area contributed by atoms with E-state index in [4.69, 9.17) is 4.98 Å². The average Bonchev–Trinajstić information content (AvgIpc) is 3.05. The molecule has 0 unspecified atom stereocenters. The fourth-order valence-corrected chi connectivity index (χ4v) is 4.01. The molecule has 5 nitrogen and oxygen atoms in total. The number of para-hydroxylation sites is 2. The van der Waals surface area contributed by atoms with Gasteiger partial charge in [0, 0.05) is 18.1 Å². The molecule has 0 radical (unpaired) electrons. The first-order valence-electron chi connectivity index (χ1n) is 8.50. The fourth-order valence-electron chi connectivity index (χ4n) is 2.99. The highest BCUT2D eigenvalue weighted by molar-refractivity contribution is 7.98. The maximum atomic E-state index is 11.4. The number of imidazole rings is 1. The minimum Gasteiger partial charge on any atom is -0.478 e. The molecule has 0 amide bonds. The number of thioether (sulfide) groups is 1. The van der Waals surface area contributed by atoms with E-state index >= 15 is 0 Å². The zero-order valence-corrected chi connectivity index (χ0v) is 15.3. The highest BCUT2D eigenvalue weighted by atomic mass is 32.2. The van der Waals surface area contributed by atoms with Crippen LogP contribution in [0, 0.1) is 0 Å². The van der Waals surface area contributed by atoms with E-state index in [1.165, 1.54) is 0 Å². The van der Waals surface area contributed by atoms with Crippen LogP contribution in [-0.4, -0.2) is 25.6 Å². The van der Waals surface area contributed by atoms with E-state index in [-0.39, 0.29) is 0 Å². The van der Waals surface area contributed by atoms with Crippen LogP contribution in [0.4, 0.5) is 0 Å². The van der Waals surface area contributed by atoms with Crippen molar-refractivity contribution in [1.29, 1.82) is 0 Å². The maximum absolute atomic E-state index is 11.4. The topological polar surface area (TPSA) is 68.0 Å². The lowest BCUT2D eigenvalue weighted by molar-refractivity contribution is 0.0696. The smallest absolute Gasteiger partial charge is 0.335 e. The number of hydrogen-bond donors (Lipinski definition) is 1. The second kappa shape index (κ2) is 7.63. The zero-order valence-electron chi connectivity index (χ0n) is 14.4. The van der Waals surface area contributed by atoms with E-state index in [0.29, 0.717) is 17.9 Å². The summed E-state index contributed by atoms with van der Waals surface area (Å²) in [6, 6.07) is 19.1. The molecular formula is C21H17N3O2S. The molecular weight excluding hydrogens is 358 g/mol. The first kappa shape index (κ1) is 17.3. The monoisotopic (exact) mass is 375 g/mol. The van der Waals surface area contributed by atoms with Gasteiger partial charge in [-0.3, -0.25) is 4.98 Å². The molecule has 0 saturated carbocycles. The Kier molecular flexibility index (Phi) is 4.89. The molecule has 0 saturated heterocycles. The summed E-state index contributed by atoms with van der Waals surface area (Å²) in [6.07, 6.45) is 3.61. The maximum Gasteiger partial charge on any atom is 0.335 e. The molecule has 2 heterocycles. The Balaban J connectivity index is 1.67. The summed E-state index contributed by atoms with van der Waals surface area (Å²) < 4.78 is 2.15. The number of nitrogens with zero attached hydrogens (tertiary/aromatic N) is 3. The van der Waals surface area contributed by atoms with Crippen molar-refractivity contribution in [2.75, 3.05) is 0 Å². The van der Waals surface area contributed by atoms with Crippen molar-refractivity contribution < 1.29 is 9.90 Å². The summed E-state index contributed by atoms with van der Waals surface area (Å²) in [5.74, 6) is -0.367. The van der Waals surface area contributed by atoms with Crippen molar-refractivity contribution in [3.8, 4) is 0 Å². The van der Waals surface area contributed by atoms with E-state index in [9.17, 15) is 9.90 Å². The molecule has 0 fully saturated rings. The zero-order chi connectivity index (χ0) is 18.6. The summed E-state index contributed by atoms with van der Waals surface area (Å²) in [6.45, 7) is 0.664. The van der Waals surface area contributed by atoms with Crippen LogP contribution < -0.4 is 0 Å². The van der Waals surface area contributed by atoms with E-state index in [0.717, 1.165) is 27.3 Å². The van der Waals surface area contributed by atoms with Crippen LogP contribution in [0.2, 0.25) is 0 Å². The Labute approximate surface area is 160 Å². The molecule has 1 N–H and O–H groups in total. The van der Waals surface area contributed by atoms with Gasteiger partial charge in [0.15, 0.2) is 5.16 Å².